The topological polar surface area (TPSA) is 26.0 Å². The summed E-state index contributed by atoms with van der Waals surface area (Å²) in [6, 6.07) is 7.20. The van der Waals surface area contributed by atoms with Gasteiger partial charge in [0, 0.05) is 6.04 Å². The molecule has 1 aliphatic rings. The lowest BCUT2D eigenvalue weighted by atomic mass is 9.82. The summed E-state index contributed by atoms with van der Waals surface area (Å²) in [5.41, 5.74) is 10.9. The average Bonchev–Trinajstić information content (AvgIpc) is 2.45. The first-order valence-corrected chi connectivity index (χ1v) is 8.63. The second-order valence-electron chi connectivity index (χ2n) is 6.37. The number of hydrogen-bond donors (Lipinski definition) is 1. The highest BCUT2D eigenvalue weighted by Gasteiger charge is 2.20. The van der Waals surface area contributed by atoms with Crippen LogP contribution in [0.15, 0.2) is 18.2 Å². The number of aryl methyl sites for hydroxylation is 2. The van der Waals surface area contributed by atoms with Crippen molar-refractivity contribution in [2.24, 2.45) is 11.7 Å². The molecule has 1 fully saturated rings. The Hall–Kier alpha value is -0.820. The van der Waals surface area contributed by atoms with Crippen LogP contribution in [0.1, 0.15) is 81.5 Å². The minimum Gasteiger partial charge on any atom is -0.324 e. The molecule has 2 N–H and O–H groups in total. The van der Waals surface area contributed by atoms with E-state index in [2.05, 4.69) is 32.0 Å². The minimum absolute atomic E-state index is 0.240. The quantitative estimate of drug-likeness (QED) is 0.804. The molecule has 1 aromatic carbocycles. The smallest absolute Gasteiger partial charge is 0.0323 e. The van der Waals surface area contributed by atoms with Gasteiger partial charge in [-0.15, -0.1) is 0 Å². The molecule has 0 bridgehead atoms. The van der Waals surface area contributed by atoms with Crippen LogP contribution in [0.2, 0.25) is 0 Å². The molecule has 0 amide bonds. The van der Waals surface area contributed by atoms with Crippen LogP contribution < -0.4 is 5.73 Å². The van der Waals surface area contributed by atoms with Crippen LogP contribution in [0.25, 0.3) is 0 Å². The molecule has 2 rings (SSSR count). The zero-order valence-corrected chi connectivity index (χ0v) is 13.3. The number of rotatable bonds is 4. The van der Waals surface area contributed by atoms with Crippen LogP contribution in [0.4, 0.5) is 0 Å². The van der Waals surface area contributed by atoms with Crippen molar-refractivity contribution >= 4 is 0 Å². The zero-order chi connectivity index (χ0) is 14.4. The molecular weight excluding hydrogens is 242 g/mol. The molecule has 0 radical (unpaired) electrons. The van der Waals surface area contributed by atoms with Crippen molar-refractivity contribution in [3.8, 4) is 0 Å². The molecule has 1 atom stereocenters. The van der Waals surface area contributed by atoms with Crippen LogP contribution in [-0.4, -0.2) is 0 Å². The van der Waals surface area contributed by atoms with E-state index in [4.69, 9.17) is 5.73 Å². The van der Waals surface area contributed by atoms with E-state index in [1.165, 1.54) is 61.6 Å². The first-order chi connectivity index (χ1) is 9.76. The molecule has 0 spiro atoms. The lowest BCUT2D eigenvalue weighted by Crippen LogP contribution is -2.22. The third-order valence-electron chi connectivity index (χ3n) is 5.03. The number of nitrogens with two attached hydrogens (primary N) is 1. The van der Waals surface area contributed by atoms with Crippen molar-refractivity contribution in [2.75, 3.05) is 0 Å². The minimum atomic E-state index is 0.240. The van der Waals surface area contributed by atoms with Crippen molar-refractivity contribution in [3.05, 3.63) is 34.9 Å². The third-order valence-corrected chi connectivity index (χ3v) is 5.03. The van der Waals surface area contributed by atoms with E-state index in [0.717, 1.165) is 12.8 Å². The fourth-order valence-corrected chi connectivity index (χ4v) is 3.65. The van der Waals surface area contributed by atoms with Crippen LogP contribution in [0.3, 0.4) is 0 Å². The van der Waals surface area contributed by atoms with Gasteiger partial charge >= 0.3 is 0 Å². The summed E-state index contributed by atoms with van der Waals surface area (Å²) in [4.78, 5) is 0. The average molecular weight is 273 g/mol. The summed E-state index contributed by atoms with van der Waals surface area (Å²) in [5, 5.41) is 0. The highest BCUT2D eigenvalue weighted by molar-refractivity contribution is 5.34. The van der Waals surface area contributed by atoms with Gasteiger partial charge in [-0.3, -0.25) is 0 Å². The van der Waals surface area contributed by atoms with Gasteiger partial charge in [-0.1, -0.05) is 64.2 Å². The van der Waals surface area contributed by atoms with Crippen LogP contribution in [0.5, 0.6) is 0 Å². The second kappa shape index (κ2) is 7.83. The van der Waals surface area contributed by atoms with Gasteiger partial charge in [0.1, 0.15) is 0 Å². The number of benzene rings is 1. The molecule has 1 heteroatoms. The summed E-state index contributed by atoms with van der Waals surface area (Å²) in [7, 11) is 0. The van der Waals surface area contributed by atoms with E-state index >= 15 is 0 Å². The Labute approximate surface area is 125 Å². The molecule has 0 aliphatic heterocycles. The van der Waals surface area contributed by atoms with Crippen molar-refractivity contribution in [1.82, 2.24) is 0 Å². The van der Waals surface area contributed by atoms with Crippen molar-refractivity contribution in [1.29, 1.82) is 0 Å². The Morgan fingerprint density at radius 1 is 0.950 bits per heavy atom. The van der Waals surface area contributed by atoms with Crippen LogP contribution >= 0.6 is 0 Å². The van der Waals surface area contributed by atoms with E-state index in [1.54, 1.807) is 0 Å². The lowest BCUT2D eigenvalue weighted by molar-refractivity contribution is 0.327. The highest BCUT2D eigenvalue weighted by atomic mass is 14.7. The molecule has 1 aliphatic carbocycles. The van der Waals surface area contributed by atoms with Crippen LogP contribution in [-0.2, 0) is 12.8 Å². The predicted molar refractivity (Wildman–Crippen MR) is 87.9 cm³/mol. The van der Waals surface area contributed by atoms with Gasteiger partial charge in [0.2, 0.25) is 0 Å². The van der Waals surface area contributed by atoms with Gasteiger partial charge in [-0.05, 0) is 48.3 Å². The van der Waals surface area contributed by atoms with Crippen molar-refractivity contribution in [2.45, 2.75) is 77.7 Å². The summed E-state index contributed by atoms with van der Waals surface area (Å²) in [6.07, 6.45) is 11.8. The van der Waals surface area contributed by atoms with E-state index in [9.17, 15) is 0 Å². The zero-order valence-electron chi connectivity index (χ0n) is 13.3. The third kappa shape index (κ3) is 3.85. The molecule has 0 saturated heterocycles. The molecule has 0 heterocycles. The van der Waals surface area contributed by atoms with E-state index < -0.39 is 0 Å². The maximum absolute atomic E-state index is 6.61. The monoisotopic (exact) mass is 273 g/mol. The summed E-state index contributed by atoms with van der Waals surface area (Å²) < 4.78 is 0. The Kier molecular flexibility index (Phi) is 6.09. The molecule has 20 heavy (non-hydrogen) atoms. The maximum atomic E-state index is 6.61. The Morgan fingerprint density at radius 3 is 2.15 bits per heavy atom. The molecule has 0 aromatic heterocycles. The van der Waals surface area contributed by atoms with E-state index in [0.29, 0.717) is 5.92 Å². The van der Waals surface area contributed by atoms with E-state index in [-0.39, 0.29) is 6.04 Å². The first-order valence-electron chi connectivity index (χ1n) is 8.63. The normalized spacial score (nSPS) is 19.4. The largest absolute Gasteiger partial charge is 0.324 e. The standard InChI is InChI=1S/C19H31N/c1-3-15-12-13-18(14-16(15)4-2)19(20)17-10-8-6-5-7-9-11-17/h12-14,17,19H,3-11,20H2,1-2H3. The molecule has 1 saturated carbocycles. The molecule has 112 valence electrons. The van der Waals surface area contributed by atoms with Crippen LogP contribution in [0, 0.1) is 5.92 Å². The summed E-state index contributed by atoms with van der Waals surface area (Å²) >= 11 is 0. The number of hydrogen-bond acceptors (Lipinski definition) is 1. The predicted octanol–water partition coefficient (Wildman–Crippen LogP) is 5.17. The second-order valence-corrected chi connectivity index (χ2v) is 6.37. The van der Waals surface area contributed by atoms with Gasteiger partial charge in [-0.25, -0.2) is 0 Å². The molecule has 1 unspecified atom stereocenters. The fourth-order valence-electron chi connectivity index (χ4n) is 3.65. The lowest BCUT2D eigenvalue weighted by Gasteiger charge is -2.26. The summed E-state index contributed by atoms with van der Waals surface area (Å²) in [5.74, 6) is 0.687. The SMILES string of the molecule is CCc1ccc(C(N)C2CCCCCCC2)cc1CC. The molecule has 1 nitrogen and oxygen atoms in total. The van der Waals surface area contributed by atoms with Crippen molar-refractivity contribution in [3.63, 3.8) is 0 Å². The van der Waals surface area contributed by atoms with Gasteiger partial charge in [-0.2, -0.15) is 0 Å². The maximum Gasteiger partial charge on any atom is 0.0323 e. The Balaban J connectivity index is 2.12. The van der Waals surface area contributed by atoms with Crippen molar-refractivity contribution < 1.29 is 0 Å². The Morgan fingerprint density at radius 2 is 1.55 bits per heavy atom. The van der Waals surface area contributed by atoms with Gasteiger partial charge in [0.15, 0.2) is 0 Å². The van der Waals surface area contributed by atoms with Gasteiger partial charge in [0.05, 0.1) is 0 Å². The molecular formula is C19H31N. The Bertz CT molecular complexity index is 402. The van der Waals surface area contributed by atoms with E-state index in [1.807, 2.05) is 0 Å². The fraction of sp³-hybridized carbons (Fsp3) is 0.684. The van der Waals surface area contributed by atoms with Gasteiger partial charge < -0.3 is 5.73 Å². The first kappa shape index (κ1) is 15.6. The molecule has 1 aromatic rings. The summed E-state index contributed by atoms with van der Waals surface area (Å²) in [6.45, 7) is 4.49. The van der Waals surface area contributed by atoms with Gasteiger partial charge in [0.25, 0.3) is 0 Å². The highest BCUT2D eigenvalue weighted by Crippen LogP contribution is 2.32.